The lowest BCUT2D eigenvalue weighted by Gasteiger charge is -2.18. The summed E-state index contributed by atoms with van der Waals surface area (Å²) >= 11 is 0. The summed E-state index contributed by atoms with van der Waals surface area (Å²) in [5, 5.41) is 16.9. The molecule has 0 heterocycles. The molecule has 0 spiro atoms. The number of carbonyl (C=O) groups excluding carboxylic acids is 2. The number of carbonyl (C=O) groups is 4. The minimum absolute atomic E-state index is 0.0460. The van der Waals surface area contributed by atoms with Crippen molar-refractivity contribution in [2.45, 2.75) is 0 Å². The fraction of sp³-hybridized carbons (Fsp3) is 0.333. The number of hydrogen-bond donors (Lipinski definition) is 4. The zero-order chi connectivity index (χ0) is 12.9. The Kier molecular flexibility index (Phi) is 4.85. The second-order valence-corrected chi connectivity index (χ2v) is 2.29. The van der Waals surface area contributed by atoms with Gasteiger partial charge in [-0.25, -0.2) is 20.4 Å². The first-order valence-corrected chi connectivity index (χ1v) is 3.86. The lowest BCUT2D eigenvalue weighted by molar-refractivity contribution is -0.152. The van der Waals surface area contributed by atoms with Gasteiger partial charge >= 0.3 is 24.0 Å². The zero-order valence-electron chi connectivity index (χ0n) is 8.42. The molecule has 0 unspecified atom stereocenters. The van der Waals surface area contributed by atoms with Crippen molar-refractivity contribution in [3.05, 3.63) is 0 Å². The van der Waals surface area contributed by atoms with Gasteiger partial charge in [-0.2, -0.15) is 10.0 Å². The summed E-state index contributed by atoms with van der Waals surface area (Å²) in [4.78, 5) is 43.3. The average Bonchev–Trinajstić information content (AvgIpc) is 2.18. The summed E-state index contributed by atoms with van der Waals surface area (Å²) in [6, 6.07) is 0. The molecule has 0 saturated heterocycles. The molecule has 0 aromatic carbocycles. The standard InChI is InChI=1S/C6H10N4O6/c1-7-9(5(13)14)3(11)4(12)10(8-2)6(15)16/h7-8H,1-2H3,(H,13,14)(H,15,16). The van der Waals surface area contributed by atoms with E-state index in [0.29, 0.717) is 0 Å². The van der Waals surface area contributed by atoms with Gasteiger partial charge in [0.05, 0.1) is 0 Å². The minimum atomic E-state index is -1.73. The first-order chi connectivity index (χ1) is 7.36. The Morgan fingerprint density at radius 3 is 1.19 bits per heavy atom. The van der Waals surface area contributed by atoms with Crippen LogP contribution in [0.1, 0.15) is 0 Å². The number of amides is 4. The third-order valence-corrected chi connectivity index (χ3v) is 1.42. The number of imide groups is 2. The van der Waals surface area contributed by atoms with Crippen LogP contribution >= 0.6 is 0 Å². The molecule has 0 bridgehead atoms. The fourth-order valence-corrected chi connectivity index (χ4v) is 0.759. The van der Waals surface area contributed by atoms with E-state index < -0.39 is 24.0 Å². The second kappa shape index (κ2) is 5.63. The number of hydrazine groups is 2. The molecular formula is C6H10N4O6. The van der Waals surface area contributed by atoms with Gasteiger partial charge in [0, 0.05) is 14.1 Å². The van der Waals surface area contributed by atoms with Crippen molar-refractivity contribution in [1.29, 1.82) is 0 Å². The molecule has 0 fully saturated rings. The van der Waals surface area contributed by atoms with Crippen molar-refractivity contribution in [3.8, 4) is 0 Å². The molecule has 0 aliphatic heterocycles. The quantitative estimate of drug-likeness (QED) is 0.326. The number of nitrogens with one attached hydrogen (secondary N) is 2. The maximum Gasteiger partial charge on any atom is 0.429 e. The van der Waals surface area contributed by atoms with Crippen LogP contribution in [0.2, 0.25) is 0 Å². The molecule has 90 valence electrons. The SMILES string of the molecule is CNN(C(=O)O)C(=O)C(=O)N(NC)C(=O)O. The largest absolute Gasteiger partial charge is 0.464 e. The topological polar surface area (TPSA) is 139 Å². The van der Waals surface area contributed by atoms with Gasteiger partial charge in [0.2, 0.25) is 0 Å². The van der Waals surface area contributed by atoms with Crippen molar-refractivity contribution < 1.29 is 29.4 Å². The first-order valence-electron chi connectivity index (χ1n) is 3.86. The maximum atomic E-state index is 11.2. The highest BCUT2D eigenvalue weighted by molar-refractivity contribution is 6.38. The van der Waals surface area contributed by atoms with Crippen LogP contribution in [0.4, 0.5) is 9.59 Å². The highest BCUT2D eigenvalue weighted by Gasteiger charge is 2.33. The van der Waals surface area contributed by atoms with E-state index in [2.05, 4.69) is 0 Å². The highest BCUT2D eigenvalue weighted by Crippen LogP contribution is 1.92. The normalized spacial score (nSPS) is 9.38. The van der Waals surface area contributed by atoms with Crippen LogP contribution < -0.4 is 10.9 Å². The van der Waals surface area contributed by atoms with Crippen molar-refractivity contribution in [2.24, 2.45) is 0 Å². The third-order valence-electron chi connectivity index (χ3n) is 1.42. The summed E-state index contributed by atoms with van der Waals surface area (Å²) in [5.74, 6) is -3.10. The van der Waals surface area contributed by atoms with E-state index in [0.717, 1.165) is 14.1 Å². The Morgan fingerprint density at radius 2 is 1.06 bits per heavy atom. The summed E-state index contributed by atoms with van der Waals surface area (Å²) in [5.41, 5.74) is 3.83. The van der Waals surface area contributed by atoms with Crippen LogP contribution in [-0.2, 0) is 9.59 Å². The lowest BCUT2D eigenvalue weighted by atomic mass is 10.5. The van der Waals surface area contributed by atoms with Gasteiger partial charge in [0.15, 0.2) is 0 Å². The number of nitrogens with zero attached hydrogens (tertiary/aromatic N) is 2. The van der Waals surface area contributed by atoms with Crippen molar-refractivity contribution in [1.82, 2.24) is 20.9 Å². The van der Waals surface area contributed by atoms with Crippen molar-refractivity contribution in [2.75, 3.05) is 14.1 Å². The smallest absolute Gasteiger partial charge is 0.429 e. The van der Waals surface area contributed by atoms with E-state index in [1.165, 1.54) is 0 Å². The second-order valence-electron chi connectivity index (χ2n) is 2.29. The van der Waals surface area contributed by atoms with E-state index in [-0.39, 0.29) is 10.0 Å². The number of hydrogen-bond acceptors (Lipinski definition) is 6. The summed E-state index contributed by atoms with van der Waals surface area (Å²) in [6.07, 6.45) is -3.47. The Hall–Kier alpha value is -2.20. The number of rotatable bonds is 2. The van der Waals surface area contributed by atoms with Crippen LogP contribution in [0.25, 0.3) is 0 Å². The van der Waals surface area contributed by atoms with Crippen LogP contribution in [0.3, 0.4) is 0 Å². The van der Waals surface area contributed by atoms with Gasteiger partial charge in [-0.05, 0) is 0 Å². The Labute approximate surface area is 89.4 Å². The molecule has 0 aliphatic carbocycles. The molecule has 4 amide bonds. The Morgan fingerprint density at radius 1 is 0.812 bits per heavy atom. The fourth-order valence-electron chi connectivity index (χ4n) is 0.759. The van der Waals surface area contributed by atoms with Gasteiger partial charge in [-0.3, -0.25) is 9.59 Å². The molecule has 0 aliphatic rings. The van der Waals surface area contributed by atoms with Gasteiger partial charge in [-0.15, -0.1) is 0 Å². The molecule has 10 nitrogen and oxygen atoms in total. The molecule has 0 aromatic heterocycles. The highest BCUT2D eigenvalue weighted by atomic mass is 16.4. The van der Waals surface area contributed by atoms with E-state index in [1.807, 2.05) is 10.9 Å². The molecule has 0 rings (SSSR count). The van der Waals surface area contributed by atoms with Crippen LogP contribution in [0.5, 0.6) is 0 Å². The van der Waals surface area contributed by atoms with E-state index in [1.54, 1.807) is 0 Å². The van der Waals surface area contributed by atoms with Crippen LogP contribution in [0.15, 0.2) is 0 Å². The van der Waals surface area contributed by atoms with E-state index >= 15 is 0 Å². The molecule has 16 heavy (non-hydrogen) atoms. The first kappa shape index (κ1) is 13.8. The Bertz CT molecular complexity index is 297. The molecular weight excluding hydrogens is 224 g/mol. The minimum Gasteiger partial charge on any atom is -0.464 e. The molecule has 4 N–H and O–H groups in total. The van der Waals surface area contributed by atoms with Gasteiger partial charge in [0.1, 0.15) is 0 Å². The molecule has 0 saturated carbocycles. The van der Waals surface area contributed by atoms with Gasteiger partial charge in [0.25, 0.3) is 0 Å². The average molecular weight is 234 g/mol. The lowest BCUT2D eigenvalue weighted by Crippen LogP contribution is -2.55. The summed E-state index contributed by atoms with van der Waals surface area (Å²) in [6.45, 7) is 0. The van der Waals surface area contributed by atoms with Gasteiger partial charge < -0.3 is 10.2 Å². The van der Waals surface area contributed by atoms with Crippen molar-refractivity contribution >= 4 is 24.0 Å². The summed E-state index contributed by atoms with van der Waals surface area (Å²) < 4.78 is 0. The molecule has 0 atom stereocenters. The summed E-state index contributed by atoms with van der Waals surface area (Å²) in [7, 11) is 2.17. The molecule has 10 heteroatoms. The molecule has 0 aromatic rings. The zero-order valence-corrected chi connectivity index (χ0v) is 8.42. The van der Waals surface area contributed by atoms with E-state index in [4.69, 9.17) is 10.2 Å². The Balaban J connectivity index is 4.90. The third kappa shape index (κ3) is 2.90. The van der Waals surface area contributed by atoms with E-state index in [9.17, 15) is 19.2 Å². The van der Waals surface area contributed by atoms with Crippen LogP contribution in [0, 0.1) is 0 Å². The van der Waals surface area contributed by atoms with Crippen molar-refractivity contribution in [3.63, 3.8) is 0 Å². The van der Waals surface area contributed by atoms with Gasteiger partial charge in [-0.1, -0.05) is 0 Å². The number of carboxylic acid groups (broad SMARTS) is 2. The monoisotopic (exact) mass is 234 g/mol. The predicted octanol–water partition coefficient (Wildman–Crippen LogP) is -1.73. The maximum absolute atomic E-state index is 11.2. The predicted molar refractivity (Wildman–Crippen MR) is 47.9 cm³/mol. The molecule has 0 radical (unpaired) electrons. The van der Waals surface area contributed by atoms with Crippen LogP contribution in [-0.4, -0.2) is 58.3 Å².